The zero-order valence-corrected chi connectivity index (χ0v) is 31.3. The summed E-state index contributed by atoms with van der Waals surface area (Å²) in [6.07, 6.45) is -3.60. The third-order valence-corrected chi connectivity index (χ3v) is 8.73. The molecule has 1 aromatic rings. The lowest BCUT2D eigenvalue weighted by Gasteiger charge is -2.30. The Kier molecular flexibility index (Phi) is 18.9. The maximum absolute atomic E-state index is 14.1. The number of hydrogen-bond donors (Lipinski definition) is 6. The number of urea groups is 1. The Morgan fingerprint density at radius 1 is 0.926 bits per heavy atom. The van der Waals surface area contributed by atoms with Crippen molar-refractivity contribution in [3.63, 3.8) is 0 Å². The number of carbonyl (C=O) groups excluding carboxylic acids is 7. The number of unbranched alkanes of at least 4 members (excludes halogenated alkanes) is 2. The first-order chi connectivity index (χ1) is 25.4. The van der Waals surface area contributed by atoms with E-state index in [0.717, 1.165) is 10.5 Å². The van der Waals surface area contributed by atoms with Crippen molar-refractivity contribution in [1.82, 2.24) is 26.2 Å². The summed E-state index contributed by atoms with van der Waals surface area (Å²) in [6.45, 7) is 6.49. The fourth-order valence-electron chi connectivity index (χ4n) is 5.73. The summed E-state index contributed by atoms with van der Waals surface area (Å²) in [6, 6.07) is 1.38. The van der Waals surface area contributed by atoms with E-state index in [2.05, 4.69) is 26.6 Å². The molecule has 1 aromatic carbocycles. The van der Waals surface area contributed by atoms with E-state index in [0.29, 0.717) is 18.5 Å². The number of primary amides is 1. The predicted molar refractivity (Wildman–Crippen MR) is 192 cm³/mol. The highest BCUT2D eigenvalue weighted by atomic mass is 19.4. The molecule has 0 aromatic heterocycles. The van der Waals surface area contributed by atoms with Gasteiger partial charge in [0, 0.05) is 51.0 Å². The first-order valence-electron chi connectivity index (χ1n) is 18.2. The van der Waals surface area contributed by atoms with E-state index in [-0.39, 0.29) is 88.9 Å². The van der Waals surface area contributed by atoms with E-state index < -0.39 is 60.0 Å². The minimum atomic E-state index is -4.69. The van der Waals surface area contributed by atoms with Gasteiger partial charge in [-0.1, -0.05) is 45.7 Å². The summed E-state index contributed by atoms with van der Waals surface area (Å²) in [7, 11) is 0. The Morgan fingerprint density at radius 2 is 1.59 bits per heavy atom. The van der Waals surface area contributed by atoms with Gasteiger partial charge in [0.05, 0.1) is 6.04 Å². The number of rotatable bonds is 23. The smallest absolute Gasteiger partial charge is 0.403 e. The van der Waals surface area contributed by atoms with Crippen LogP contribution in [-0.2, 0) is 40.1 Å². The molecule has 0 saturated carbocycles. The second kappa shape index (κ2) is 22.5. The monoisotopic (exact) mass is 769 g/mol. The number of ether oxygens (including phenoxy) is 1. The number of nitrogens with zero attached hydrogens (tertiary/aromatic N) is 1. The Hall–Kier alpha value is -4.74. The summed E-state index contributed by atoms with van der Waals surface area (Å²) >= 11 is 0. The molecule has 4 atom stereocenters. The topological polar surface area (TPSA) is 218 Å². The molecule has 4 unspecified atom stereocenters. The molecular weight excluding hydrogens is 715 g/mol. The largest absolute Gasteiger partial charge is 0.461 e. The molecule has 7 N–H and O–H groups in total. The molecule has 2 rings (SSSR count). The van der Waals surface area contributed by atoms with E-state index in [4.69, 9.17) is 10.5 Å². The van der Waals surface area contributed by atoms with Crippen LogP contribution in [-0.4, -0.2) is 90.4 Å². The van der Waals surface area contributed by atoms with Gasteiger partial charge < -0.3 is 31.7 Å². The molecule has 302 valence electrons. The average molecular weight is 770 g/mol. The molecule has 0 spiro atoms. The van der Waals surface area contributed by atoms with Crippen LogP contribution in [0, 0.1) is 11.8 Å². The van der Waals surface area contributed by atoms with E-state index in [1.54, 1.807) is 45.0 Å². The molecule has 0 radical (unpaired) electrons. The van der Waals surface area contributed by atoms with Crippen molar-refractivity contribution < 1.29 is 51.5 Å². The summed E-state index contributed by atoms with van der Waals surface area (Å²) in [5.41, 5.74) is 6.36. The fourth-order valence-corrected chi connectivity index (χ4v) is 5.73. The average Bonchev–Trinajstić information content (AvgIpc) is 3.33. The van der Waals surface area contributed by atoms with Crippen molar-refractivity contribution in [3.05, 3.63) is 29.8 Å². The second-order valence-electron chi connectivity index (χ2n) is 13.7. The number of nitrogens with one attached hydrogen (secondary N) is 5. The number of benzene rings is 1. The minimum absolute atomic E-state index is 0.0279. The predicted octanol–water partition coefficient (Wildman–Crippen LogP) is 3.02. The number of alkyl halides is 3. The summed E-state index contributed by atoms with van der Waals surface area (Å²) in [5, 5.41) is 12.8. The van der Waals surface area contributed by atoms with Gasteiger partial charge in [-0.2, -0.15) is 13.2 Å². The summed E-state index contributed by atoms with van der Waals surface area (Å²) < 4.78 is 47.4. The Balaban J connectivity index is 1.95. The summed E-state index contributed by atoms with van der Waals surface area (Å²) in [4.78, 5) is 86.4. The number of likely N-dealkylation sites (tertiary alicyclic amines) is 1. The summed E-state index contributed by atoms with van der Waals surface area (Å²) in [5.74, 6) is -3.74. The van der Waals surface area contributed by atoms with Crippen molar-refractivity contribution in [2.75, 3.05) is 25.0 Å². The zero-order chi connectivity index (χ0) is 40.4. The molecule has 18 heteroatoms. The number of esters is 1. The van der Waals surface area contributed by atoms with Crippen molar-refractivity contribution in [3.8, 4) is 0 Å². The van der Waals surface area contributed by atoms with Gasteiger partial charge in [-0.15, -0.1) is 0 Å². The van der Waals surface area contributed by atoms with Gasteiger partial charge in [0.1, 0.15) is 18.7 Å². The second-order valence-corrected chi connectivity index (χ2v) is 13.7. The number of imide groups is 1. The highest BCUT2D eigenvalue weighted by Crippen LogP contribution is 2.26. The molecule has 7 amide bonds. The van der Waals surface area contributed by atoms with Crippen molar-refractivity contribution in [2.24, 2.45) is 17.6 Å². The van der Waals surface area contributed by atoms with E-state index in [9.17, 15) is 46.7 Å². The molecule has 1 aliphatic rings. The van der Waals surface area contributed by atoms with Crippen LogP contribution >= 0.6 is 0 Å². The van der Waals surface area contributed by atoms with Crippen molar-refractivity contribution in [1.29, 1.82) is 0 Å². The van der Waals surface area contributed by atoms with Crippen LogP contribution in [0.4, 0.5) is 23.7 Å². The Labute approximate surface area is 313 Å². The van der Waals surface area contributed by atoms with Gasteiger partial charge in [-0.3, -0.25) is 39.0 Å². The lowest BCUT2D eigenvalue weighted by molar-refractivity contribution is -0.161. The minimum Gasteiger partial charge on any atom is -0.461 e. The Bertz CT molecular complexity index is 1440. The first kappa shape index (κ1) is 45.4. The van der Waals surface area contributed by atoms with Crippen LogP contribution in [0.3, 0.4) is 0 Å². The van der Waals surface area contributed by atoms with Crippen LogP contribution in [0.5, 0.6) is 0 Å². The molecule has 0 bridgehead atoms. The van der Waals surface area contributed by atoms with Crippen LogP contribution in [0.15, 0.2) is 24.3 Å². The maximum Gasteiger partial charge on any atom is 0.403 e. The van der Waals surface area contributed by atoms with Crippen molar-refractivity contribution in [2.45, 2.75) is 116 Å². The zero-order valence-electron chi connectivity index (χ0n) is 31.3. The number of carbonyl (C=O) groups is 7. The van der Waals surface area contributed by atoms with Crippen LogP contribution < -0.4 is 32.3 Å². The Morgan fingerprint density at radius 3 is 2.17 bits per heavy atom. The van der Waals surface area contributed by atoms with E-state index in [1.165, 1.54) is 6.92 Å². The highest BCUT2D eigenvalue weighted by Gasteiger charge is 2.42. The van der Waals surface area contributed by atoms with Crippen LogP contribution in [0.1, 0.15) is 91.0 Å². The standard InChI is InChI=1S/C36H54F3N7O8/c1-22(2)31(45-28(36(37,38)39)11-6-5-7-19-46-30(49)20-23(3)34(46)52)33(51)44-27(10-8-18-42-35(40)53)32(50)41-17-9-12-29(48)43-26-15-13-25(14-16-26)21-54-24(4)47/h13-16,22-23,27-28,31,45H,5-12,17-21H2,1-4H3,(H,41,50)(H,43,48)(H,44,51)(H3,40,42,53). The molecule has 1 saturated heterocycles. The lowest BCUT2D eigenvalue weighted by atomic mass is 9.99. The fraction of sp³-hybridized carbons (Fsp3) is 0.639. The van der Waals surface area contributed by atoms with Crippen LogP contribution in [0.25, 0.3) is 0 Å². The first-order valence-corrected chi connectivity index (χ1v) is 18.2. The van der Waals surface area contributed by atoms with E-state index >= 15 is 0 Å². The van der Waals surface area contributed by atoms with Crippen molar-refractivity contribution >= 4 is 47.2 Å². The number of amides is 7. The number of hydrogen-bond acceptors (Lipinski definition) is 9. The molecule has 0 aliphatic carbocycles. The number of anilines is 1. The normalized spacial score (nSPS) is 16.1. The quantitative estimate of drug-likeness (QED) is 0.0547. The lowest BCUT2D eigenvalue weighted by Crippen LogP contribution is -2.58. The van der Waals surface area contributed by atoms with Gasteiger partial charge >= 0.3 is 18.2 Å². The number of halogens is 3. The van der Waals surface area contributed by atoms with Gasteiger partial charge in [-0.25, -0.2) is 4.79 Å². The van der Waals surface area contributed by atoms with Gasteiger partial charge in [0.15, 0.2) is 0 Å². The third kappa shape index (κ3) is 16.5. The van der Waals surface area contributed by atoms with E-state index in [1.807, 2.05) is 0 Å². The van der Waals surface area contributed by atoms with Gasteiger partial charge in [0.2, 0.25) is 29.5 Å². The maximum atomic E-state index is 14.1. The molecule has 15 nitrogen and oxygen atoms in total. The molecule has 54 heavy (non-hydrogen) atoms. The van der Waals surface area contributed by atoms with Crippen LogP contribution in [0.2, 0.25) is 0 Å². The SMILES string of the molecule is CC(=O)OCc1ccc(NC(=O)CCCNC(=O)C(CCCNC(N)=O)NC(=O)C(NC(CCCCCN2C(=O)CC(C)C2=O)C(F)(F)F)C(C)C)cc1. The third-order valence-electron chi connectivity index (χ3n) is 8.73. The highest BCUT2D eigenvalue weighted by molar-refractivity contribution is 6.03. The molecule has 1 aliphatic heterocycles. The molecular formula is C36H54F3N7O8. The van der Waals surface area contributed by atoms with Gasteiger partial charge in [-0.05, 0) is 55.7 Å². The molecule has 1 heterocycles. The van der Waals surface area contributed by atoms with Gasteiger partial charge in [0.25, 0.3) is 0 Å². The molecule has 1 fully saturated rings. The number of nitrogens with two attached hydrogens (primary N) is 1.